The van der Waals surface area contributed by atoms with Crippen molar-refractivity contribution in [1.29, 1.82) is 0 Å². The summed E-state index contributed by atoms with van der Waals surface area (Å²) in [5, 5.41) is 7.37. The summed E-state index contributed by atoms with van der Waals surface area (Å²) >= 11 is 0. The van der Waals surface area contributed by atoms with E-state index in [1.54, 1.807) is 18.5 Å². The summed E-state index contributed by atoms with van der Waals surface area (Å²) in [5.41, 5.74) is 1.17. The highest BCUT2D eigenvalue weighted by Crippen LogP contribution is 2.22. The zero-order valence-electron chi connectivity index (χ0n) is 13.9. The number of sulfonamides is 1. The van der Waals surface area contributed by atoms with Crippen LogP contribution in [0.5, 0.6) is 0 Å². The predicted octanol–water partition coefficient (Wildman–Crippen LogP) is 1.43. The molecule has 1 heterocycles. The van der Waals surface area contributed by atoms with Gasteiger partial charge in [-0.3, -0.25) is 4.68 Å². The van der Waals surface area contributed by atoms with E-state index in [9.17, 15) is 8.42 Å². The molecule has 122 valence electrons. The van der Waals surface area contributed by atoms with Crippen LogP contribution in [0.25, 0.3) is 0 Å². The number of hydrogen-bond donors (Lipinski definition) is 2. The summed E-state index contributed by atoms with van der Waals surface area (Å²) in [6.45, 7) is 11.5. The molecule has 6 nitrogen and oxygen atoms in total. The van der Waals surface area contributed by atoms with Crippen molar-refractivity contribution in [2.45, 2.75) is 52.5 Å². The Bertz CT molecular complexity index is 576. The van der Waals surface area contributed by atoms with Crippen LogP contribution in [0.3, 0.4) is 0 Å². The van der Waals surface area contributed by atoms with Crippen LogP contribution in [0.15, 0.2) is 4.90 Å². The smallest absolute Gasteiger partial charge is 0.244 e. The molecule has 0 aliphatic rings. The fourth-order valence-corrected chi connectivity index (χ4v) is 3.64. The normalized spacial score (nSPS) is 12.9. The second-order valence-corrected chi connectivity index (χ2v) is 7.87. The van der Waals surface area contributed by atoms with Crippen molar-refractivity contribution in [3.63, 3.8) is 0 Å². The Labute approximate surface area is 128 Å². The highest BCUT2D eigenvalue weighted by molar-refractivity contribution is 7.89. The van der Waals surface area contributed by atoms with Crippen LogP contribution in [-0.4, -0.2) is 38.3 Å². The largest absolute Gasteiger partial charge is 0.318 e. The zero-order valence-corrected chi connectivity index (χ0v) is 14.8. The Balaban J connectivity index is 3.01. The van der Waals surface area contributed by atoms with E-state index in [4.69, 9.17) is 0 Å². The molecule has 0 spiro atoms. The topological polar surface area (TPSA) is 76.0 Å². The number of nitrogens with one attached hydrogen (secondary N) is 2. The summed E-state index contributed by atoms with van der Waals surface area (Å²) in [4.78, 5) is 0.311. The van der Waals surface area contributed by atoms with Gasteiger partial charge in [-0.25, -0.2) is 13.1 Å². The minimum atomic E-state index is -3.52. The summed E-state index contributed by atoms with van der Waals surface area (Å²) in [6.07, 6.45) is 0.912. The van der Waals surface area contributed by atoms with Gasteiger partial charge in [-0.15, -0.1) is 0 Å². The van der Waals surface area contributed by atoms with E-state index in [0.29, 0.717) is 29.4 Å². The van der Waals surface area contributed by atoms with Crippen molar-refractivity contribution in [2.24, 2.45) is 5.41 Å². The van der Waals surface area contributed by atoms with Crippen LogP contribution in [0.2, 0.25) is 0 Å². The molecule has 0 atom stereocenters. The summed E-state index contributed by atoms with van der Waals surface area (Å²) in [5.74, 6) is 0. The van der Waals surface area contributed by atoms with E-state index in [2.05, 4.69) is 22.1 Å². The maximum atomic E-state index is 12.5. The Morgan fingerprint density at radius 1 is 1.29 bits per heavy atom. The van der Waals surface area contributed by atoms with Gasteiger partial charge in [0.25, 0.3) is 0 Å². The molecule has 7 heteroatoms. The molecule has 2 N–H and O–H groups in total. The lowest BCUT2D eigenvalue weighted by molar-refractivity contribution is 0.350. The molecule has 0 amide bonds. The molecule has 0 aromatic carbocycles. The van der Waals surface area contributed by atoms with Crippen molar-refractivity contribution in [3.05, 3.63) is 11.4 Å². The third kappa shape index (κ3) is 4.52. The Morgan fingerprint density at radius 2 is 1.90 bits per heavy atom. The lowest BCUT2D eigenvalue weighted by Gasteiger charge is -2.22. The number of likely N-dealkylation sites (N-methyl/N-ethyl adjacent to an activating group) is 1. The molecule has 1 aromatic heterocycles. The van der Waals surface area contributed by atoms with Gasteiger partial charge in [0.2, 0.25) is 10.0 Å². The number of rotatable bonds is 8. The first-order chi connectivity index (χ1) is 9.64. The minimum Gasteiger partial charge on any atom is -0.318 e. The van der Waals surface area contributed by atoms with Gasteiger partial charge in [0.1, 0.15) is 4.90 Å². The van der Waals surface area contributed by atoms with Crippen molar-refractivity contribution in [1.82, 2.24) is 19.8 Å². The first-order valence-corrected chi connectivity index (χ1v) is 8.81. The second-order valence-electron chi connectivity index (χ2n) is 6.17. The summed E-state index contributed by atoms with van der Waals surface area (Å²) in [7, 11) is -1.66. The molecular formula is C14H28N4O2S. The minimum absolute atomic E-state index is 0.0585. The molecule has 0 unspecified atom stereocenters. The molecule has 0 radical (unpaired) electrons. The Kier molecular flexibility index (Phi) is 5.95. The number of aromatic nitrogens is 2. The van der Waals surface area contributed by atoms with Gasteiger partial charge in [-0.2, -0.15) is 5.10 Å². The number of hydrogen-bond acceptors (Lipinski definition) is 4. The molecule has 0 aliphatic heterocycles. The molecule has 0 saturated carbocycles. The first-order valence-electron chi connectivity index (χ1n) is 7.33. The van der Waals surface area contributed by atoms with E-state index >= 15 is 0 Å². The fourth-order valence-electron chi connectivity index (χ4n) is 1.99. The highest BCUT2D eigenvalue weighted by atomic mass is 32.2. The van der Waals surface area contributed by atoms with Gasteiger partial charge in [-0.1, -0.05) is 20.8 Å². The van der Waals surface area contributed by atoms with Crippen molar-refractivity contribution < 1.29 is 8.42 Å². The molecule has 0 fully saturated rings. The third-order valence-corrected chi connectivity index (χ3v) is 5.51. The van der Waals surface area contributed by atoms with Gasteiger partial charge in [0.05, 0.1) is 17.9 Å². The van der Waals surface area contributed by atoms with Crippen LogP contribution < -0.4 is 10.0 Å². The fraction of sp³-hybridized carbons (Fsp3) is 0.786. The lowest BCUT2D eigenvalue weighted by Crippen LogP contribution is -2.34. The highest BCUT2D eigenvalue weighted by Gasteiger charge is 2.26. The van der Waals surface area contributed by atoms with E-state index in [1.807, 2.05) is 20.9 Å². The molecule has 0 aliphatic carbocycles. The maximum Gasteiger partial charge on any atom is 0.244 e. The quantitative estimate of drug-likeness (QED) is 0.761. The maximum absolute atomic E-state index is 12.5. The van der Waals surface area contributed by atoms with Crippen LogP contribution in [0, 0.1) is 19.3 Å². The van der Waals surface area contributed by atoms with E-state index in [-0.39, 0.29) is 5.41 Å². The summed E-state index contributed by atoms with van der Waals surface area (Å²) < 4.78 is 29.5. The first kappa shape index (κ1) is 18.1. The average molecular weight is 316 g/mol. The predicted molar refractivity (Wildman–Crippen MR) is 84.9 cm³/mol. The van der Waals surface area contributed by atoms with Gasteiger partial charge in [-0.05, 0) is 32.7 Å². The third-order valence-electron chi connectivity index (χ3n) is 3.86. The number of aryl methyl sites for hydroxylation is 1. The van der Waals surface area contributed by atoms with Gasteiger partial charge >= 0.3 is 0 Å². The molecule has 0 bridgehead atoms. The standard InChI is InChI=1S/C14H28N4O2S/c1-7-14(4,5)10-16-21(19,20)13-11(2)17-18(12(13)3)9-8-15-6/h15-16H,7-10H2,1-6H3. The Morgan fingerprint density at radius 3 is 2.43 bits per heavy atom. The second kappa shape index (κ2) is 6.89. The number of nitrogens with zero attached hydrogens (tertiary/aromatic N) is 2. The van der Waals surface area contributed by atoms with Crippen LogP contribution in [-0.2, 0) is 16.6 Å². The molecule has 0 saturated heterocycles. The van der Waals surface area contributed by atoms with Gasteiger partial charge in [0.15, 0.2) is 0 Å². The van der Waals surface area contributed by atoms with Gasteiger partial charge in [0, 0.05) is 13.1 Å². The average Bonchev–Trinajstić information content (AvgIpc) is 2.69. The summed E-state index contributed by atoms with van der Waals surface area (Å²) in [6, 6.07) is 0. The van der Waals surface area contributed by atoms with Crippen LogP contribution in [0.1, 0.15) is 38.6 Å². The van der Waals surface area contributed by atoms with Crippen LogP contribution >= 0.6 is 0 Å². The lowest BCUT2D eigenvalue weighted by atomic mass is 9.91. The van der Waals surface area contributed by atoms with Gasteiger partial charge < -0.3 is 5.32 Å². The zero-order chi connectivity index (χ0) is 16.3. The Hall–Kier alpha value is -0.920. The van der Waals surface area contributed by atoms with Crippen molar-refractivity contribution >= 4 is 10.0 Å². The molecule has 1 rings (SSSR count). The van der Waals surface area contributed by atoms with Crippen molar-refractivity contribution in [3.8, 4) is 0 Å². The molecule has 1 aromatic rings. The monoisotopic (exact) mass is 316 g/mol. The van der Waals surface area contributed by atoms with E-state index in [1.165, 1.54) is 0 Å². The van der Waals surface area contributed by atoms with Crippen LogP contribution in [0.4, 0.5) is 0 Å². The SMILES string of the molecule is CCC(C)(C)CNS(=O)(=O)c1c(C)nn(CCNC)c1C. The van der Waals surface area contributed by atoms with E-state index < -0.39 is 10.0 Å². The van der Waals surface area contributed by atoms with Crippen molar-refractivity contribution in [2.75, 3.05) is 20.1 Å². The molecular weight excluding hydrogens is 288 g/mol. The van der Waals surface area contributed by atoms with E-state index in [0.717, 1.165) is 13.0 Å². The molecule has 21 heavy (non-hydrogen) atoms.